The summed E-state index contributed by atoms with van der Waals surface area (Å²) >= 11 is 0. The van der Waals surface area contributed by atoms with Crippen LogP contribution in [0.2, 0.25) is 0 Å². The summed E-state index contributed by atoms with van der Waals surface area (Å²) in [6.45, 7) is 2.46. The smallest absolute Gasteiger partial charge is 0.325 e. The molecule has 2 N–H and O–H groups in total. The summed E-state index contributed by atoms with van der Waals surface area (Å²) in [6, 6.07) is -0.750. The van der Waals surface area contributed by atoms with Gasteiger partial charge in [0.15, 0.2) is 6.29 Å². The van der Waals surface area contributed by atoms with Gasteiger partial charge in [-0.25, -0.2) is 0 Å². The molecule has 3 atom stereocenters. The molecule has 0 radical (unpaired) electrons. The van der Waals surface area contributed by atoms with E-state index in [-0.39, 0.29) is 12.4 Å². The van der Waals surface area contributed by atoms with Crippen molar-refractivity contribution in [2.75, 3.05) is 13.7 Å². The highest BCUT2D eigenvalue weighted by Gasteiger charge is 2.26. The van der Waals surface area contributed by atoms with Crippen LogP contribution in [-0.2, 0) is 19.0 Å². The van der Waals surface area contributed by atoms with Crippen molar-refractivity contribution in [2.45, 2.75) is 44.6 Å². The molecule has 0 amide bonds. The Kier molecular flexibility index (Phi) is 5.01. The van der Waals surface area contributed by atoms with Crippen LogP contribution in [0.15, 0.2) is 0 Å². The van der Waals surface area contributed by atoms with Crippen molar-refractivity contribution < 1.29 is 19.0 Å². The number of carbonyl (C=O) groups is 1. The maximum Gasteiger partial charge on any atom is 0.325 e. The summed E-state index contributed by atoms with van der Waals surface area (Å²) in [5.41, 5.74) is 5.63. The molecule has 0 aromatic carbocycles. The Balaban J connectivity index is 2.32. The molecule has 1 rings (SSSR count). The van der Waals surface area contributed by atoms with Crippen LogP contribution in [0.1, 0.15) is 26.2 Å². The number of methoxy groups -OCH3 is 1. The lowest BCUT2D eigenvalue weighted by molar-refractivity contribution is -0.192. The van der Waals surface area contributed by atoms with Crippen molar-refractivity contribution in [3.05, 3.63) is 0 Å². The molecule has 0 spiro atoms. The molecule has 5 nitrogen and oxygen atoms in total. The van der Waals surface area contributed by atoms with E-state index in [2.05, 4.69) is 4.74 Å². The van der Waals surface area contributed by atoms with Crippen molar-refractivity contribution in [2.24, 2.45) is 5.73 Å². The summed E-state index contributed by atoms with van der Waals surface area (Å²) in [4.78, 5) is 11.1. The molecule has 5 heteroatoms. The van der Waals surface area contributed by atoms with Crippen LogP contribution in [0, 0.1) is 0 Å². The largest absolute Gasteiger partial charge is 0.468 e. The average molecular weight is 217 g/mol. The van der Waals surface area contributed by atoms with Gasteiger partial charge in [0, 0.05) is 6.61 Å². The van der Waals surface area contributed by atoms with E-state index in [0.717, 1.165) is 19.3 Å². The average Bonchev–Trinajstić information content (AvgIpc) is 2.28. The van der Waals surface area contributed by atoms with E-state index < -0.39 is 12.0 Å². The molecule has 1 unspecified atom stereocenters. The van der Waals surface area contributed by atoms with Gasteiger partial charge in [-0.15, -0.1) is 0 Å². The lowest BCUT2D eigenvalue weighted by atomic mass is 10.2. The van der Waals surface area contributed by atoms with Crippen molar-refractivity contribution >= 4 is 5.97 Å². The molecule has 1 heterocycles. The first-order valence-corrected chi connectivity index (χ1v) is 5.25. The summed E-state index contributed by atoms with van der Waals surface area (Å²) in [6.07, 6.45) is 2.39. The highest BCUT2D eigenvalue weighted by molar-refractivity contribution is 5.75. The van der Waals surface area contributed by atoms with E-state index in [1.807, 2.05) is 0 Å². The molecule has 1 aliphatic heterocycles. The third kappa shape index (κ3) is 3.77. The Labute approximate surface area is 89.9 Å². The fraction of sp³-hybridized carbons (Fsp3) is 0.900. The zero-order valence-electron chi connectivity index (χ0n) is 9.27. The van der Waals surface area contributed by atoms with Crippen LogP contribution in [0.3, 0.4) is 0 Å². The first-order chi connectivity index (χ1) is 7.15. The van der Waals surface area contributed by atoms with Gasteiger partial charge in [-0.3, -0.25) is 4.79 Å². The number of carbonyl (C=O) groups excluding carboxylic acids is 1. The molecule has 0 aromatic heterocycles. The number of esters is 1. The minimum atomic E-state index is -0.750. The van der Waals surface area contributed by atoms with E-state index in [0.29, 0.717) is 6.61 Å². The SMILES string of the molecule is COC(=O)[C@@H](N)[C@@H](C)OC1CCCCO1. The second-order valence-corrected chi connectivity index (χ2v) is 3.69. The molecule has 1 fully saturated rings. The van der Waals surface area contributed by atoms with E-state index in [4.69, 9.17) is 15.2 Å². The minimum absolute atomic E-state index is 0.232. The van der Waals surface area contributed by atoms with Gasteiger partial charge in [0.1, 0.15) is 6.04 Å². The summed E-state index contributed by atoms with van der Waals surface area (Å²) in [5, 5.41) is 0. The molecule has 88 valence electrons. The number of hydrogen-bond donors (Lipinski definition) is 1. The van der Waals surface area contributed by atoms with Gasteiger partial charge in [0.05, 0.1) is 13.2 Å². The fourth-order valence-corrected chi connectivity index (χ4v) is 1.47. The van der Waals surface area contributed by atoms with Gasteiger partial charge in [-0.2, -0.15) is 0 Å². The van der Waals surface area contributed by atoms with Gasteiger partial charge in [-0.1, -0.05) is 0 Å². The van der Waals surface area contributed by atoms with E-state index in [9.17, 15) is 4.79 Å². The van der Waals surface area contributed by atoms with Crippen LogP contribution < -0.4 is 5.73 Å². The summed E-state index contributed by atoms with van der Waals surface area (Å²) < 4.78 is 15.4. The van der Waals surface area contributed by atoms with Crippen LogP contribution in [-0.4, -0.2) is 38.1 Å². The Morgan fingerprint density at radius 1 is 1.53 bits per heavy atom. The molecule has 0 saturated carbocycles. The predicted octanol–water partition coefficient (Wildman–Crippen LogP) is 0.418. The van der Waals surface area contributed by atoms with E-state index in [1.165, 1.54) is 7.11 Å². The van der Waals surface area contributed by atoms with Gasteiger partial charge >= 0.3 is 5.97 Å². The van der Waals surface area contributed by atoms with Crippen LogP contribution in [0.25, 0.3) is 0 Å². The molecular weight excluding hydrogens is 198 g/mol. The zero-order valence-corrected chi connectivity index (χ0v) is 9.27. The van der Waals surface area contributed by atoms with Crippen molar-refractivity contribution in [3.63, 3.8) is 0 Å². The Morgan fingerprint density at radius 2 is 2.27 bits per heavy atom. The van der Waals surface area contributed by atoms with E-state index >= 15 is 0 Å². The van der Waals surface area contributed by atoms with Crippen molar-refractivity contribution in [1.29, 1.82) is 0 Å². The highest BCUT2D eigenvalue weighted by atomic mass is 16.7. The normalized spacial score (nSPS) is 25.7. The molecule has 1 saturated heterocycles. The third-order valence-electron chi connectivity index (χ3n) is 2.48. The van der Waals surface area contributed by atoms with Crippen molar-refractivity contribution in [3.8, 4) is 0 Å². The van der Waals surface area contributed by atoms with Gasteiger partial charge in [0.25, 0.3) is 0 Å². The lowest BCUT2D eigenvalue weighted by Gasteiger charge is -2.27. The molecule has 0 aliphatic carbocycles. The van der Waals surface area contributed by atoms with Gasteiger partial charge < -0.3 is 19.9 Å². The quantitative estimate of drug-likeness (QED) is 0.691. The minimum Gasteiger partial charge on any atom is -0.468 e. The fourth-order valence-electron chi connectivity index (χ4n) is 1.47. The first-order valence-electron chi connectivity index (χ1n) is 5.25. The zero-order chi connectivity index (χ0) is 11.3. The number of ether oxygens (including phenoxy) is 3. The number of hydrogen-bond acceptors (Lipinski definition) is 5. The molecule has 1 aliphatic rings. The Bertz CT molecular complexity index is 204. The molecule has 15 heavy (non-hydrogen) atoms. The maximum atomic E-state index is 11.1. The van der Waals surface area contributed by atoms with E-state index in [1.54, 1.807) is 6.92 Å². The molecule has 0 bridgehead atoms. The maximum absolute atomic E-state index is 11.1. The summed E-state index contributed by atoms with van der Waals surface area (Å²) in [5.74, 6) is -0.460. The van der Waals surface area contributed by atoms with Crippen molar-refractivity contribution in [1.82, 2.24) is 0 Å². The Morgan fingerprint density at radius 3 is 2.80 bits per heavy atom. The number of nitrogens with two attached hydrogens (primary N) is 1. The third-order valence-corrected chi connectivity index (χ3v) is 2.48. The standard InChI is InChI=1S/C10H19NO4/c1-7(9(11)10(12)13-2)15-8-5-3-4-6-14-8/h7-9H,3-6,11H2,1-2H3/t7-,8?,9+/m1/s1. The monoisotopic (exact) mass is 217 g/mol. The second kappa shape index (κ2) is 6.05. The highest BCUT2D eigenvalue weighted by Crippen LogP contribution is 2.16. The molecular formula is C10H19NO4. The number of rotatable bonds is 4. The van der Waals surface area contributed by atoms with Crippen LogP contribution in [0.4, 0.5) is 0 Å². The van der Waals surface area contributed by atoms with Gasteiger partial charge in [0.2, 0.25) is 0 Å². The second-order valence-electron chi connectivity index (χ2n) is 3.69. The van der Waals surface area contributed by atoms with Crippen LogP contribution in [0.5, 0.6) is 0 Å². The van der Waals surface area contributed by atoms with Gasteiger partial charge in [-0.05, 0) is 26.2 Å². The first kappa shape index (κ1) is 12.4. The lowest BCUT2D eigenvalue weighted by Crippen LogP contribution is -2.44. The van der Waals surface area contributed by atoms with Crippen LogP contribution >= 0.6 is 0 Å². The summed E-state index contributed by atoms with van der Waals surface area (Å²) in [7, 11) is 1.31. The predicted molar refractivity (Wildman–Crippen MR) is 54.1 cm³/mol. The Hall–Kier alpha value is -0.650. The topological polar surface area (TPSA) is 70.8 Å². The molecule has 0 aromatic rings.